The topological polar surface area (TPSA) is 79.4 Å². The standard InChI is InChI=1S/C10H11NO4/c1-10(14)4-8(12)15-5-6-7(10)2-3-11-9(6)13/h2-3,14H,4-5H2,1H3,(H,11,13)/t10-/m1/s1. The number of pyridine rings is 1. The summed E-state index contributed by atoms with van der Waals surface area (Å²) in [6.45, 7) is 1.42. The largest absolute Gasteiger partial charge is 0.460 e. The lowest BCUT2D eigenvalue weighted by Gasteiger charge is -2.20. The predicted molar refractivity (Wildman–Crippen MR) is 51.0 cm³/mol. The number of aromatic nitrogens is 1. The SMILES string of the molecule is C[C@@]1(O)CC(=O)OCc2c1cc[nH]c2=O. The second-order valence-corrected chi connectivity index (χ2v) is 3.81. The van der Waals surface area contributed by atoms with E-state index in [4.69, 9.17) is 4.74 Å². The molecule has 0 amide bonds. The number of cyclic esters (lactones) is 1. The normalized spacial score (nSPS) is 25.3. The van der Waals surface area contributed by atoms with Gasteiger partial charge in [-0.15, -0.1) is 0 Å². The molecule has 0 aliphatic carbocycles. The van der Waals surface area contributed by atoms with Gasteiger partial charge in [0.15, 0.2) is 0 Å². The number of carbonyl (C=O) groups is 1. The van der Waals surface area contributed by atoms with Gasteiger partial charge in [-0.05, 0) is 18.6 Å². The lowest BCUT2D eigenvalue weighted by atomic mass is 9.91. The molecule has 1 aliphatic rings. The molecule has 0 bridgehead atoms. The van der Waals surface area contributed by atoms with Gasteiger partial charge in [0.1, 0.15) is 6.61 Å². The summed E-state index contributed by atoms with van der Waals surface area (Å²) in [4.78, 5) is 25.1. The van der Waals surface area contributed by atoms with E-state index in [1.54, 1.807) is 6.07 Å². The van der Waals surface area contributed by atoms with Crippen LogP contribution in [0.3, 0.4) is 0 Å². The Hall–Kier alpha value is -1.62. The third-order valence-electron chi connectivity index (χ3n) is 2.51. The molecule has 1 aromatic rings. The molecule has 1 aliphatic heterocycles. The van der Waals surface area contributed by atoms with Crippen molar-refractivity contribution in [2.45, 2.75) is 25.6 Å². The zero-order valence-electron chi connectivity index (χ0n) is 8.24. The number of fused-ring (bicyclic) bond motifs is 1. The first kappa shape index (κ1) is 9.92. The van der Waals surface area contributed by atoms with E-state index in [-0.39, 0.29) is 18.6 Å². The van der Waals surface area contributed by atoms with Crippen molar-refractivity contribution < 1.29 is 14.6 Å². The average Bonchev–Trinajstić information content (AvgIpc) is 2.24. The van der Waals surface area contributed by atoms with Gasteiger partial charge in [0.05, 0.1) is 17.6 Å². The Balaban J connectivity index is 2.63. The van der Waals surface area contributed by atoms with Crippen molar-refractivity contribution in [1.29, 1.82) is 0 Å². The van der Waals surface area contributed by atoms with Crippen LogP contribution in [-0.2, 0) is 21.7 Å². The Morgan fingerprint density at radius 1 is 1.53 bits per heavy atom. The van der Waals surface area contributed by atoms with Gasteiger partial charge < -0.3 is 14.8 Å². The lowest BCUT2D eigenvalue weighted by Crippen LogP contribution is -2.27. The maximum absolute atomic E-state index is 11.5. The highest BCUT2D eigenvalue weighted by atomic mass is 16.5. The van der Waals surface area contributed by atoms with Crippen LogP contribution in [0.2, 0.25) is 0 Å². The van der Waals surface area contributed by atoms with Crippen LogP contribution >= 0.6 is 0 Å². The first-order valence-electron chi connectivity index (χ1n) is 4.60. The Morgan fingerprint density at radius 3 is 3.00 bits per heavy atom. The van der Waals surface area contributed by atoms with Gasteiger partial charge in [-0.25, -0.2) is 0 Å². The van der Waals surface area contributed by atoms with Gasteiger partial charge in [-0.1, -0.05) is 0 Å². The number of hydrogen-bond acceptors (Lipinski definition) is 4. The maximum Gasteiger partial charge on any atom is 0.309 e. The molecular formula is C10H11NO4. The number of aliphatic hydroxyl groups is 1. The first-order chi connectivity index (χ1) is 7.00. The van der Waals surface area contributed by atoms with E-state index in [0.717, 1.165) is 0 Å². The molecule has 0 radical (unpaired) electrons. The number of carbonyl (C=O) groups excluding carboxylic acids is 1. The van der Waals surface area contributed by atoms with Crippen molar-refractivity contribution in [3.05, 3.63) is 33.7 Å². The number of rotatable bonds is 0. The molecular weight excluding hydrogens is 198 g/mol. The van der Waals surface area contributed by atoms with Crippen LogP contribution in [0.1, 0.15) is 24.5 Å². The van der Waals surface area contributed by atoms with E-state index in [9.17, 15) is 14.7 Å². The molecule has 15 heavy (non-hydrogen) atoms. The number of esters is 1. The summed E-state index contributed by atoms with van der Waals surface area (Å²) >= 11 is 0. The number of ether oxygens (including phenoxy) is 1. The van der Waals surface area contributed by atoms with E-state index in [2.05, 4.69) is 4.98 Å². The number of H-pyrrole nitrogens is 1. The Labute approximate surface area is 85.7 Å². The average molecular weight is 209 g/mol. The summed E-state index contributed by atoms with van der Waals surface area (Å²) in [5.74, 6) is -0.504. The molecule has 2 heterocycles. The van der Waals surface area contributed by atoms with Crippen LogP contribution in [0, 0.1) is 0 Å². The molecule has 80 valence electrons. The highest BCUT2D eigenvalue weighted by Crippen LogP contribution is 2.29. The third-order valence-corrected chi connectivity index (χ3v) is 2.51. The van der Waals surface area contributed by atoms with Crippen molar-refractivity contribution in [2.24, 2.45) is 0 Å². The fourth-order valence-electron chi connectivity index (χ4n) is 1.74. The van der Waals surface area contributed by atoms with Crippen molar-refractivity contribution in [2.75, 3.05) is 0 Å². The molecule has 2 N–H and O–H groups in total. The quantitative estimate of drug-likeness (QED) is 0.591. The van der Waals surface area contributed by atoms with Crippen molar-refractivity contribution in [1.82, 2.24) is 4.98 Å². The Kier molecular flexibility index (Phi) is 2.12. The number of hydrogen-bond donors (Lipinski definition) is 2. The third kappa shape index (κ3) is 1.66. The summed E-state index contributed by atoms with van der Waals surface area (Å²) in [7, 11) is 0. The molecule has 5 heteroatoms. The highest BCUT2D eigenvalue weighted by molar-refractivity contribution is 5.72. The van der Waals surface area contributed by atoms with Crippen LogP contribution < -0.4 is 5.56 Å². The van der Waals surface area contributed by atoms with Crippen LogP contribution in [0.25, 0.3) is 0 Å². The van der Waals surface area contributed by atoms with Crippen LogP contribution in [-0.4, -0.2) is 16.1 Å². The van der Waals surface area contributed by atoms with E-state index >= 15 is 0 Å². The Morgan fingerprint density at radius 2 is 2.27 bits per heavy atom. The molecule has 0 fully saturated rings. The summed E-state index contributed by atoms with van der Waals surface area (Å²) in [5, 5.41) is 10.0. The number of aromatic amines is 1. The van der Waals surface area contributed by atoms with Gasteiger partial charge in [-0.3, -0.25) is 9.59 Å². The molecule has 0 unspecified atom stereocenters. The minimum atomic E-state index is -1.34. The molecule has 5 nitrogen and oxygen atoms in total. The second kappa shape index (κ2) is 3.20. The van der Waals surface area contributed by atoms with E-state index in [1.807, 2.05) is 0 Å². The van der Waals surface area contributed by atoms with Gasteiger partial charge >= 0.3 is 5.97 Å². The van der Waals surface area contributed by atoms with E-state index in [1.165, 1.54) is 13.1 Å². The van der Waals surface area contributed by atoms with Crippen molar-refractivity contribution in [3.8, 4) is 0 Å². The van der Waals surface area contributed by atoms with Crippen LogP contribution in [0.5, 0.6) is 0 Å². The fourth-order valence-corrected chi connectivity index (χ4v) is 1.74. The number of nitrogens with one attached hydrogen (secondary N) is 1. The summed E-state index contributed by atoms with van der Waals surface area (Å²) in [6.07, 6.45) is 1.31. The van der Waals surface area contributed by atoms with Crippen LogP contribution in [0.4, 0.5) is 0 Å². The molecule has 0 saturated heterocycles. The van der Waals surface area contributed by atoms with Gasteiger partial charge in [-0.2, -0.15) is 0 Å². The highest BCUT2D eigenvalue weighted by Gasteiger charge is 2.33. The molecule has 1 aromatic heterocycles. The minimum Gasteiger partial charge on any atom is -0.460 e. The minimum absolute atomic E-state index is 0.0828. The zero-order chi connectivity index (χ0) is 11.1. The van der Waals surface area contributed by atoms with Gasteiger partial charge in [0.25, 0.3) is 5.56 Å². The summed E-state index contributed by atoms with van der Waals surface area (Å²) in [6, 6.07) is 1.60. The molecule has 2 rings (SSSR count). The van der Waals surface area contributed by atoms with Crippen LogP contribution in [0.15, 0.2) is 17.1 Å². The van der Waals surface area contributed by atoms with E-state index < -0.39 is 11.6 Å². The van der Waals surface area contributed by atoms with E-state index in [0.29, 0.717) is 11.1 Å². The lowest BCUT2D eigenvalue weighted by molar-refractivity contribution is -0.148. The van der Waals surface area contributed by atoms with Crippen molar-refractivity contribution in [3.63, 3.8) is 0 Å². The monoisotopic (exact) mass is 209 g/mol. The van der Waals surface area contributed by atoms with Gasteiger partial charge in [0, 0.05) is 6.20 Å². The summed E-state index contributed by atoms with van der Waals surface area (Å²) in [5.41, 5.74) is -0.898. The smallest absolute Gasteiger partial charge is 0.309 e. The molecule has 1 atom stereocenters. The zero-order valence-corrected chi connectivity index (χ0v) is 8.24. The second-order valence-electron chi connectivity index (χ2n) is 3.81. The first-order valence-corrected chi connectivity index (χ1v) is 4.60. The molecule has 0 spiro atoms. The molecule has 0 saturated carbocycles. The predicted octanol–water partition coefficient (Wildman–Crippen LogP) is 0.0293. The molecule has 0 aromatic carbocycles. The van der Waals surface area contributed by atoms with Gasteiger partial charge in [0.2, 0.25) is 0 Å². The maximum atomic E-state index is 11.5. The summed E-state index contributed by atoms with van der Waals surface area (Å²) < 4.78 is 4.83. The Bertz CT molecular complexity index is 461. The van der Waals surface area contributed by atoms with Crippen molar-refractivity contribution >= 4 is 5.97 Å². The fraction of sp³-hybridized carbons (Fsp3) is 0.400.